The summed E-state index contributed by atoms with van der Waals surface area (Å²) in [5.74, 6) is -0.0723. The summed E-state index contributed by atoms with van der Waals surface area (Å²) in [6.07, 6.45) is 0.158. The van der Waals surface area contributed by atoms with E-state index in [4.69, 9.17) is 14.2 Å². The minimum Gasteiger partial charge on any atom is -0.496 e. The lowest BCUT2D eigenvalue weighted by atomic mass is 9.87. The van der Waals surface area contributed by atoms with Crippen molar-refractivity contribution in [3.8, 4) is 28.4 Å². The van der Waals surface area contributed by atoms with Gasteiger partial charge in [-0.1, -0.05) is 29.8 Å². The first-order valence-corrected chi connectivity index (χ1v) is 10.8. The topological polar surface area (TPSA) is 94.1 Å². The van der Waals surface area contributed by atoms with Crippen LogP contribution in [0.5, 0.6) is 17.2 Å². The highest BCUT2D eigenvalue weighted by Gasteiger charge is 2.36. The van der Waals surface area contributed by atoms with Crippen molar-refractivity contribution in [1.82, 2.24) is 0 Å². The molecule has 0 spiro atoms. The van der Waals surface area contributed by atoms with E-state index in [1.165, 1.54) is 25.6 Å². The van der Waals surface area contributed by atoms with Gasteiger partial charge in [0.05, 0.1) is 27.0 Å². The highest BCUT2D eigenvalue weighted by atomic mass is 32.1. The van der Waals surface area contributed by atoms with Gasteiger partial charge in [-0.25, -0.2) is 4.79 Å². The number of methoxy groups -OCH3 is 3. The van der Waals surface area contributed by atoms with Gasteiger partial charge in [-0.15, -0.1) is 11.3 Å². The van der Waals surface area contributed by atoms with E-state index in [1.54, 1.807) is 19.2 Å². The zero-order valence-corrected chi connectivity index (χ0v) is 19.0. The third-order valence-electron chi connectivity index (χ3n) is 5.55. The number of anilines is 1. The molecular weight excluding hydrogens is 430 g/mol. The number of nitrogens with one attached hydrogen (secondary N) is 1. The number of amides is 1. The van der Waals surface area contributed by atoms with Crippen molar-refractivity contribution in [2.75, 3.05) is 26.6 Å². The van der Waals surface area contributed by atoms with Gasteiger partial charge < -0.3 is 24.6 Å². The summed E-state index contributed by atoms with van der Waals surface area (Å²) in [6.45, 7) is 1.96. The van der Waals surface area contributed by atoms with E-state index in [0.29, 0.717) is 28.5 Å². The molecular formula is C24H23NO6S. The van der Waals surface area contributed by atoms with Gasteiger partial charge in [-0.05, 0) is 18.6 Å². The second kappa shape index (κ2) is 8.55. The summed E-state index contributed by atoms with van der Waals surface area (Å²) in [4.78, 5) is 25.9. The molecule has 1 aromatic heterocycles. The number of fused-ring (bicyclic) bond motifs is 1. The van der Waals surface area contributed by atoms with Crippen molar-refractivity contribution in [3.05, 3.63) is 57.3 Å². The quantitative estimate of drug-likeness (QED) is 0.550. The first kappa shape index (κ1) is 21.7. The summed E-state index contributed by atoms with van der Waals surface area (Å²) in [6, 6.07) is 11.1. The third-order valence-corrected chi connectivity index (χ3v) is 6.84. The van der Waals surface area contributed by atoms with Crippen molar-refractivity contribution in [2.24, 2.45) is 0 Å². The van der Waals surface area contributed by atoms with E-state index in [9.17, 15) is 14.7 Å². The molecule has 4 rings (SSSR count). The number of hydrogen-bond acceptors (Lipinski definition) is 6. The summed E-state index contributed by atoms with van der Waals surface area (Å²) >= 11 is 1.17. The molecule has 2 heterocycles. The maximum Gasteiger partial charge on any atom is 0.346 e. The summed E-state index contributed by atoms with van der Waals surface area (Å²) in [5, 5.41) is 12.9. The molecule has 1 aliphatic heterocycles. The van der Waals surface area contributed by atoms with Crippen LogP contribution >= 0.6 is 11.3 Å². The molecule has 1 aliphatic rings. The fraction of sp³-hybridized carbons (Fsp3) is 0.250. The van der Waals surface area contributed by atoms with Crippen molar-refractivity contribution in [3.63, 3.8) is 0 Å². The van der Waals surface area contributed by atoms with Crippen LogP contribution in [0.3, 0.4) is 0 Å². The summed E-state index contributed by atoms with van der Waals surface area (Å²) in [7, 11) is 4.62. The average Bonchev–Trinajstić information content (AvgIpc) is 3.17. The van der Waals surface area contributed by atoms with Gasteiger partial charge in [0.1, 0.15) is 10.6 Å². The van der Waals surface area contributed by atoms with Gasteiger partial charge in [0.25, 0.3) is 0 Å². The fourth-order valence-electron chi connectivity index (χ4n) is 4.01. The second-order valence-corrected chi connectivity index (χ2v) is 8.52. The van der Waals surface area contributed by atoms with E-state index >= 15 is 0 Å². The lowest BCUT2D eigenvalue weighted by Crippen LogP contribution is -2.23. The van der Waals surface area contributed by atoms with Gasteiger partial charge in [-0.2, -0.15) is 0 Å². The van der Waals surface area contributed by atoms with Crippen molar-refractivity contribution >= 4 is 28.9 Å². The first-order chi connectivity index (χ1) is 15.4. The Balaban J connectivity index is 1.95. The SMILES string of the molecule is COc1cc(OC)c([C@@H]2CC(=O)Nc3c2sc(C(=O)O)c3-c2ccc(C)cc2)cc1OC. The molecule has 1 amide bonds. The Morgan fingerprint density at radius 1 is 1.03 bits per heavy atom. The fourth-order valence-corrected chi connectivity index (χ4v) is 5.25. The number of carbonyl (C=O) groups excluding carboxylic acids is 1. The third kappa shape index (κ3) is 3.67. The predicted octanol–water partition coefficient (Wildman–Crippen LogP) is 4.92. The molecule has 0 radical (unpaired) electrons. The Morgan fingerprint density at radius 3 is 2.25 bits per heavy atom. The number of thiophene rings is 1. The minimum atomic E-state index is -1.03. The number of carboxylic acids is 1. The second-order valence-electron chi connectivity index (χ2n) is 7.47. The number of carbonyl (C=O) groups is 2. The summed E-state index contributed by atoms with van der Waals surface area (Å²) < 4.78 is 16.4. The molecule has 0 unspecified atom stereocenters. The van der Waals surface area contributed by atoms with E-state index in [0.717, 1.165) is 21.6 Å². The number of aromatic carboxylic acids is 1. The average molecular weight is 454 g/mol. The standard InChI is InChI=1S/C24H23NO6S/c1-12-5-7-13(8-6-12)20-21-22(32-23(20)24(27)28)15(10-19(26)25-21)14-9-17(30-3)18(31-4)11-16(14)29-2/h5-9,11,15H,10H2,1-4H3,(H,25,26)(H,27,28)/t15-/m0/s1. The number of aryl methyl sites for hydroxylation is 1. The van der Waals surface area contributed by atoms with E-state index in [-0.39, 0.29) is 17.2 Å². The van der Waals surface area contributed by atoms with Crippen molar-refractivity contribution in [2.45, 2.75) is 19.3 Å². The van der Waals surface area contributed by atoms with Crippen LogP contribution in [-0.4, -0.2) is 38.3 Å². The van der Waals surface area contributed by atoms with Gasteiger partial charge in [0.2, 0.25) is 5.91 Å². The number of ether oxygens (including phenoxy) is 3. The van der Waals surface area contributed by atoms with Crippen LogP contribution in [0.4, 0.5) is 5.69 Å². The normalized spacial score (nSPS) is 15.0. The molecule has 0 saturated heterocycles. The van der Waals surface area contributed by atoms with Crippen LogP contribution in [0.25, 0.3) is 11.1 Å². The van der Waals surface area contributed by atoms with Crippen molar-refractivity contribution in [1.29, 1.82) is 0 Å². The lowest BCUT2D eigenvalue weighted by Gasteiger charge is -2.26. The van der Waals surface area contributed by atoms with Gasteiger partial charge in [0.15, 0.2) is 11.5 Å². The van der Waals surface area contributed by atoms with Crippen LogP contribution in [0, 0.1) is 6.92 Å². The largest absolute Gasteiger partial charge is 0.496 e. The zero-order chi connectivity index (χ0) is 23.0. The molecule has 3 aromatic rings. The van der Waals surface area contributed by atoms with Gasteiger partial charge in [0, 0.05) is 34.4 Å². The zero-order valence-electron chi connectivity index (χ0n) is 18.1. The van der Waals surface area contributed by atoms with Gasteiger partial charge in [-0.3, -0.25) is 4.79 Å². The summed E-state index contributed by atoms with van der Waals surface area (Å²) in [5.41, 5.74) is 3.59. The molecule has 1 atom stereocenters. The van der Waals surface area contributed by atoms with E-state index in [2.05, 4.69) is 5.32 Å². The Labute approximate surface area is 189 Å². The molecule has 2 N–H and O–H groups in total. The Hall–Kier alpha value is -3.52. The number of benzene rings is 2. The Bertz CT molecular complexity index is 1200. The predicted molar refractivity (Wildman–Crippen MR) is 123 cm³/mol. The molecule has 0 bridgehead atoms. The monoisotopic (exact) mass is 453 g/mol. The first-order valence-electron chi connectivity index (χ1n) is 9.94. The number of rotatable bonds is 6. The molecule has 0 fully saturated rings. The molecule has 32 heavy (non-hydrogen) atoms. The van der Waals surface area contributed by atoms with Crippen LogP contribution in [0.2, 0.25) is 0 Å². The molecule has 0 saturated carbocycles. The maximum absolute atomic E-state index is 12.8. The lowest BCUT2D eigenvalue weighted by molar-refractivity contribution is -0.116. The molecule has 0 aliphatic carbocycles. The minimum absolute atomic E-state index is 0.158. The van der Waals surface area contributed by atoms with Crippen LogP contribution in [-0.2, 0) is 4.79 Å². The maximum atomic E-state index is 12.8. The molecule has 166 valence electrons. The Kier molecular flexibility index (Phi) is 5.80. The molecule has 2 aromatic carbocycles. The van der Waals surface area contributed by atoms with Crippen LogP contribution in [0.1, 0.15) is 38.0 Å². The Morgan fingerprint density at radius 2 is 1.66 bits per heavy atom. The van der Waals surface area contributed by atoms with Crippen molar-refractivity contribution < 1.29 is 28.9 Å². The molecule has 8 heteroatoms. The van der Waals surface area contributed by atoms with E-state index in [1.807, 2.05) is 31.2 Å². The highest BCUT2D eigenvalue weighted by Crippen LogP contribution is 2.52. The number of hydrogen-bond donors (Lipinski definition) is 2. The smallest absolute Gasteiger partial charge is 0.346 e. The van der Waals surface area contributed by atoms with Crippen LogP contribution in [0.15, 0.2) is 36.4 Å². The highest BCUT2D eigenvalue weighted by molar-refractivity contribution is 7.15. The van der Waals surface area contributed by atoms with Crippen LogP contribution < -0.4 is 19.5 Å². The van der Waals surface area contributed by atoms with E-state index < -0.39 is 11.9 Å². The molecule has 7 nitrogen and oxygen atoms in total. The van der Waals surface area contributed by atoms with Gasteiger partial charge >= 0.3 is 5.97 Å². The number of carboxylic acid groups (broad SMARTS) is 1.